The van der Waals surface area contributed by atoms with Crippen LogP contribution < -0.4 is 0 Å². The maximum atomic E-state index is 11.9. The zero-order chi connectivity index (χ0) is 16.3. The molecular formula is C18H8N4O2. The Morgan fingerprint density at radius 3 is 2.29 bits per heavy atom. The van der Waals surface area contributed by atoms with Gasteiger partial charge in [0.1, 0.15) is 0 Å². The van der Waals surface area contributed by atoms with E-state index in [0.29, 0.717) is 11.0 Å². The molecule has 1 aliphatic heterocycles. The smallest absolute Gasteiger partial charge is 0.283 e. The van der Waals surface area contributed by atoms with E-state index in [1.807, 2.05) is 42.5 Å². The number of ketones is 1. The number of azo groups is 1. The lowest BCUT2D eigenvalue weighted by molar-refractivity contribution is -0.114. The summed E-state index contributed by atoms with van der Waals surface area (Å²) in [6.45, 7) is 0. The van der Waals surface area contributed by atoms with Crippen LogP contribution in [0.15, 0.2) is 58.8 Å². The molecule has 5 rings (SSSR count). The van der Waals surface area contributed by atoms with E-state index in [4.69, 9.17) is 0 Å². The molecule has 6 heteroatoms. The number of Topliss-reactive ketones (excluding diaryl/α,β-unsaturated/α-hetero) is 1. The molecule has 0 spiro atoms. The van der Waals surface area contributed by atoms with Gasteiger partial charge >= 0.3 is 5.91 Å². The number of benzene rings is 2. The summed E-state index contributed by atoms with van der Waals surface area (Å²) in [4.78, 5) is 32.2. The summed E-state index contributed by atoms with van der Waals surface area (Å²) in [7, 11) is 0. The number of hydrogen-bond acceptors (Lipinski definition) is 5. The Morgan fingerprint density at radius 1 is 0.708 bits per heavy atom. The van der Waals surface area contributed by atoms with Crippen molar-refractivity contribution in [3.05, 3.63) is 54.1 Å². The van der Waals surface area contributed by atoms with Crippen LogP contribution >= 0.6 is 0 Å². The van der Waals surface area contributed by atoms with E-state index in [0.717, 1.165) is 21.7 Å². The van der Waals surface area contributed by atoms with Crippen LogP contribution in [0.25, 0.3) is 32.7 Å². The molecule has 2 aromatic heterocycles. The minimum Gasteiger partial charge on any atom is -0.283 e. The van der Waals surface area contributed by atoms with Crippen molar-refractivity contribution in [1.82, 2.24) is 9.97 Å². The molecule has 0 unspecified atom stereocenters. The van der Waals surface area contributed by atoms with Crippen molar-refractivity contribution in [2.24, 2.45) is 10.2 Å². The highest BCUT2D eigenvalue weighted by atomic mass is 16.2. The second-order valence-corrected chi connectivity index (χ2v) is 5.62. The average molecular weight is 312 g/mol. The standard InChI is InChI=1S/C18H8N4O2/c23-15-13-7-12-6-11-5-9-3-1-2-4-10(9)8-14(11)19-16(12)20-17(13)21-22-18(15)24/h1-8H. The predicted molar refractivity (Wildman–Crippen MR) is 88.4 cm³/mol. The summed E-state index contributed by atoms with van der Waals surface area (Å²) in [5.41, 5.74) is 1.45. The summed E-state index contributed by atoms with van der Waals surface area (Å²) in [6, 6.07) is 15.6. The number of aromatic nitrogens is 2. The number of amides is 1. The molecule has 2 aromatic carbocycles. The Labute approximate surface area is 134 Å². The molecule has 0 fully saturated rings. The van der Waals surface area contributed by atoms with E-state index in [2.05, 4.69) is 20.2 Å². The lowest BCUT2D eigenvalue weighted by Gasteiger charge is -2.08. The Kier molecular flexibility index (Phi) is 2.42. The van der Waals surface area contributed by atoms with Gasteiger partial charge in [-0.05, 0) is 35.0 Å². The van der Waals surface area contributed by atoms with Gasteiger partial charge in [0.2, 0.25) is 0 Å². The molecule has 6 nitrogen and oxygen atoms in total. The molecule has 1 aliphatic rings. The van der Waals surface area contributed by atoms with Gasteiger partial charge in [0.15, 0.2) is 11.5 Å². The second kappa shape index (κ2) is 4.48. The molecule has 0 radical (unpaired) electrons. The van der Waals surface area contributed by atoms with Gasteiger partial charge in [-0.15, -0.1) is 10.2 Å². The third kappa shape index (κ3) is 1.77. The molecule has 4 aromatic rings. The topological polar surface area (TPSA) is 84.6 Å². The van der Waals surface area contributed by atoms with E-state index in [1.165, 1.54) is 0 Å². The normalized spacial score (nSPS) is 13.8. The van der Waals surface area contributed by atoms with Crippen molar-refractivity contribution in [2.45, 2.75) is 0 Å². The fourth-order valence-electron chi connectivity index (χ4n) is 2.94. The Hall–Kier alpha value is -3.54. The minimum atomic E-state index is -0.872. The third-order valence-corrected chi connectivity index (χ3v) is 4.12. The number of hydrogen-bond donors (Lipinski definition) is 0. The molecule has 0 bridgehead atoms. The summed E-state index contributed by atoms with van der Waals surface area (Å²) >= 11 is 0. The molecule has 0 atom stereocenters. The number of carbonyl (C=O) groups is 2. The first kappa shape index (κ1) is 13.0. The van der Waals surface area contributed by atoms with Crippen LogP contribution in [-0.2, 0) is 4.79 Å². The molecule has 112 valence electrons. The van der Waals surface area contributed by atoms with Gasteiger partial charge in [-0.1, -0.05) is 24.3 Å². The maximum Gasteiger partial charge on any atom is 0.336 e. The Bertz CT molecular complexity index is 1240. The second-order valence-electron chi connectivity index (χ2n) is 5.62. The maximum absolute atomic E-state index is 11.9. The van der Waals surface area contributed by atoms with Gasteiger partial charge in [0.25, 0.3) is 5.78 Å². The monoisotopic (exact) mass is 312 g/mol. The zero-order valence-corrected chi connectivity index (χ0v) is 12.2. The van der Waals surface area contributed by atoms with Gasteiger partial charge < -0.3 is 0 Å². The molecule has 24 heavy (non-hydrogen) atoms. The summed E-state index contributed by atoms with van der Waals surface area (Å²) in [5.74, 6) is -1.42. The molecule has 0 N–H and O–H groups in total. The SMILES string of the molecule is O=C1N=Nc2nc3nc4cc5ccccc5cc4cc3cc2C1=O. The van der Waals surface area contributed by atoms with Crippen molar-refractivity contribution in [3.63, 3.8) is 0 Å². The van der Waals surface area contributed by atoms with Gasteiger partial charge in [-0.3, -0.25) is 9.59 Å². The average Bonchev–Trinajstić information content (AvgIpc) is 2.60. The van der Waals surface area contributed by atoms with Crippen LogP contribution in [0, 0.1) is 0 Å². The molecule has 0 saturated carbocycles. The van der Waals surface area contributed by atoms with Crippen LogP contribution in [0.3, 0.4) is 0 Å². The molecule has 0 aliphatic carbocycles. The van der Waals surface area contributed by atoms with Crippen molar-refractivity contribution < 1.29 is 9.59 Å². The summed E-state index contributed by atoms with van der Waals surface area (Å²) in [5, 5.41) is 10.9. The lowest BCUT2D eigenvalue weighted by atomic mass is 10.0. The van der Waals surface area contributed by atoms with Gasteiger partial charge in [0.05, 0.1) is 11.1 Å². The highest BCUT2D eigenvalue weighted by molar-refractivity contribution is 6.45. The number of fused-ring (bicyclic) bond motifs is 4. The highest BCUT2D eigenvalue weighted by Gasteiger charge is 2.25. The van der Waals surface area contributed by atoms with E-state index in [1.54, 1.807) is 6.07 Å². The van der Waals surface area contributed by atoms with Crippen LogP contribution in [0.4, 0.5) is 5.82 Å². The van der Waals surface area contributed by atoms with E-state index in [9.17, 15) is 9.59 Å². The fraction of sp³-hybridized carbons (Fsp3) is 0. The summed E-state index contributed by atoms with van der Waals surface area (Å²) in [6.07, 6.45) is 0. The van der Waals surface area contributed by atoms with Crippen LogP contribution in [0.1, 0.15) is 10.4 Å². The largest absolute Gasteiger partial charge is 0.336 e. The van der Waals surface area contributed by atoms with Gasteiger partial charge in [-0.25, -0.2) is 9.97 Å². The first-order chi connectivity index (χ1) is 11.7. The third-order valence-electron chi connectivity index (χ3n) is 4.12. The van der Waals surface area contributed by atoms with Crippen LogP contribution in [0.5, 0.6) is 0 Å². The fourth-order valence-corrected chi connectivity index (χ4v) is 2.94. The number of carbonyl (C=O) groups excluding carboxylic acids is 2. The molecule has 3 heterocycles. The van der Waals surface area contributed by atoms with E-state index >= 15 is 0 Å². The minimum absolute atomic E-state index is 0.139. The Balaban J connectivity index is 1.86. The zero-order valence-electron chi connectivity index (χ0n) is 12.2. The van der Waals surface area contributed by atoms with Crippen LogP contribution in [0.2, 0.25) is 0 Å². The Morgan fingerprint density at radius 2 is 1.46 bits per heavy atom. The van der Waals surface area contributed by atoms with Crippen molar-refractivity contribution in [1.29, 1.82) is 0 Å². The molecule has 0 saturated heterocycles. The summed E-state index contributed by atoms with van der Waals surface area (Å²) < 4.78 is 0. The quantitative estimate of drug-likeness (QED) is 0.365. The van der Waals surface area contributed by atoms with E-state index in [-0.39, 0.29) is 11.4 Å². The van der Waals surface area contributed by atoms with Crippen molar-refractivity contribution >= 4 is 50.2 Å². The number of pyridine rings is 2. The first-order valence-electron chi connectivity index (χ1n) is 7.34. The van der Waals surface area contributed by atoms with Crippen LogP contribution in [-0.4, -0.2) is 21.7 Å². The van der Waals surface area contributed by atoms with Gasteiger partial charge in [-0.2, -0.15) is 0 Å². The first-order valence-corrected chi connectivity index (χ1v) is 7.34. The molecular weight excluding hydrogens is 304 g/mol. The highest BCUT2D eigenvalue weighted by Crippen LogP contribution is 2.29. The predicted octanol–water partition coefficient (Wildman–Crippen LogP) is 3.74. The van der Waals surface area contributed by atoms with Gasteiger partial charge in [0, 0.05) is 10.8 Å². The molecule has 1 amide bonds. The number of rotatable bonds is 0. The van der Waals surface area contributed by atoms with Crippen molar-refractivity contribution in [2.75, 3.05) is 0 Å². The number of nitrogens with zero attached hydrogens (tertiary/aromatic N) is 4. The van der Waals surface area contributed by atoms with Crippen molar-refractivity contribution in [3.8, 4) is 0 Å². The van der Waals surface area contributed by atoms with E-state index < -0.39 is 11.7 Å². The lowest BCUT2D eigenvalue weighted by Crippen LogP contribution is -2.15.